The third-order valence-corrected chi connectivity index (χ3v) is 7.84. The van der Waals surface area contributed by atoms with Gasteiger partial charge in [0.1, 0.15) is 5.75 Å². The first-order valence-corrected chi connectivity index (χ1v) is 10.9. The van der Waals surface area contributed by atoms with Crippen LogP contribution in [-0.4, -0.2) is 5.11 Å². The number of benzene rings is 3. The molecule has 0 aliphatic heterocycles. The molecule has 3 aromatic rings. The fourth-order valence-corrected chi connectivity index (χ4v) is 6.70. The lowest BCUT2D eigenvalue weighted by molar-refractivity contribution is 0.416. The first-order valence-electron chi connectivity index (χ1n) is 9.56. The third-order valence-electron chi connectivity index (χ3n) is 5.34. The Labute approximate surface area is 157 Å². The number of hydrogen-bond acceptors (Lipinski definition) is 1. The van der Waals surface area contributed by atoms with Crippen molar-refractivity contribution in [1.82, 2.24) is 0 Å². The Bertz CT molecular complexity index is 799. The largest absolute Gasteiger partial charge is 0.508 e. The number of aromatic hydroxyl groups is 1. The lowest BCUT2D eigenvalue weighted by Crippen LogP contribution is -2.25. The zero-order valence-electron chi connectivity index (χ0n) is 15.0. The van der Waals surface area contributed by atoms with E-state index in [1.165, 1.54) is 53.6 Å². The Kier molecular flexibility index (Phi) is 5.37. The molecule has 3 aromatic carbocycles. The third kappa shape index (κ3) is 3.55. The number of phenols is 1. The molecule has 1 saturated carbocycles. The van der Waals surface area contributed by atoms with E-state index in [1.807, 2.05) is 12.1 Å². The van der Waals surface area contributed by atoms with E-state index in [9.17, 15) is 5.11 Å². The minimum atomic E-state index is -0.668. The molecule has 0 aromatic heterocycles. The molecule has 1 N–H and O–H groups in total. The lowest BCUT2D eigenvalue weighted by Gasteiger charge is -2.29. The second-order valence-electron chi connectivity index (χ2n) is 7.05. The van der Waals surface area contributed by atoms with Crippen molar-refractivity contribution in [3.8, 4) is 5.75 Å². The maximum Gasteiger partial charge on any atom is 0.119 e. The maximum atomic E-state index is 10.8. The Morgan fingerprint density at radius 2 is 1.23 bits per heavy atom. The van der Waals surface area contributed by atoms with E-state index in [4.69, 9.17) is 0 Å². The van der Waals surface area contributed by atoms with E-state index in [1.54, 1.807) is 0 Å². The summed E-state index contributed by atoms with van der Waals surface area (Å²) in [7, 11) is -0.668. The van der Waals surface area contributed by atoms with Crippen LogP contribution in [0, 0.1) is 0 Å². The van der Waals surface area contributed by atoms with Crippen LogP contribution in [0.4, 0.5) is 0 Å². The predicted molar refractivity (Wildman–Crippen MR) is 113 cm³/mol. The highest BCUT2D eigenvalue weighted by Crippen LogP contribution is 2.42. The quantitative estimate of drug-likeness (QED) is 0.634. The van der Waals surface area contributed by atoms with E-state index < -0.39 is 7.92 Å². The number of phenolic OH excluding ortho intramolecular Hbond substituents is 1. The van der Waals surface area contributed by atoms with Gasteiger partial charge in [-0.3, -0.25) is 0 Å². The van der Waals surface area contributed by atoms with E-state index in [2.05, 4.69) is 66.7 Å². The molecule has 2 heteroatoms. The molecule has 132 valence electrons. The van der Waals surface area contributed by atoms with Gasteiger partial charge in [-0.05, 0) is 48.7 Å². The highest BCUT2D eigenvalue weighted by molar-refractivity contribution is 7.79. The maximum absolute atomic E-state index is 10.8. The molecule has 26 heavy (non-hydrogen) atoms. The molecule has 1 fully saturated rings. The molecule has 1 aliphatic rings. The molecular weight excluding hydrogens is 335 g/mol. The molecule has 1 nitrogen and oxygen atoms in total. The average Bonchev–Trinajstić information content (AvgIpc) is 2.71. The summed E-state index contributed by atoms with van der Waals surface area (Å²) < 4.78 is 0. The van der Waals surface area contributed by atoms with E-state index in [0.717, 1.165) is 0 Å². The van der Waals surface area contributed by atoms with Crippen LogP contribution >= 0.6 is 7.92 Å². The first-order chi connectivity index (χ1) is 12.8. The zero-order chi connectivity index (χ0) is 17.8. The van der Waals surface area contributed by atoms with Gasteiger partial charge in [-0.2, -0.15) is 0 Å². The summed E-state index contributed by atoms with van der Waals surface area (Å²) in [5, 5.41) is 14.8. The van der Waals surface area contributed by atoms with Crippen molar-refractivity contribution in [2.75, 3.05) is 0 Å². The summed E-state index contributed by atoms with van der Waals surface area (Å²) in [6.07, 6.45) is 6.25. The van der Waals surface area contributed by atoms with E-state index in [-0.39, 0.29) is 0 Å². The van der Waals surface area contributed by atoms with Gasteiger partial charge in [-0.1, -0.05) is 92.1 Å². The van der Waals surface area contributed by atoms with Gasteiger partial charge >= 0.3 is 0 Å². The minimum absolute atomic E-state index is 0.480. The SMILES string of the molecule is Oc1cccc(P(c2ccccc2)c2ccccc2)c1C1CCCCC1. The Hall–Kier alpha value is -2.11. The first kappa shape index (κ1) is 17.3. The van der Waals surface area contributed by atoms with Crippen LogP contribution in [0.3, 0.4) is 0 Å². The van der Waals surface area contributed by atoms with Gasteiger partial charge < -0.3 is 5.11 Å². The van der Waals surface area contributed by atoms with Crippen molar-refractivity contribution < 1.29 is 5.11 Å². The Morgan fingerprint density at radius 3 is 1.81 bits per heavy atom. The monoisotopic (exact) mass is 360 g/mol. The van der Waals surface area contributed by atoms with Gasteiger partial charge in [-0.15, -0.1) is 0 Å². The van der Waals surface area contributed by atoms with Crippen LogP contribution < -0.4 is 15.9 Å². The number of hydrogen-bond donors (Lipinski definition) is 1. The topological polar surface area (TPSA) is 20.2 Å². The van der Waals surface area contributed by atoms with Gasteiger partial charge in [0.2, 0.25) is 0 Å². The molecule has 0 saturated heterocycles. The standard InChI is InChI=1S/C24H25OP/c25-22-17-10-18-23(24(22)19-11-4-1-5-12-19)26(20-13-6-2-7-14-20)21-15-8-3-9-16-21/h2-3,6-10,13-19,25H,1,4-5,11-12H2. The molecule has 0 atom stereocenters. The van der Waals surface area contributed by atoms with Crippen LogP contribution in [0.1, 0.15) is 43.6 Å². The van der Waals surface area contributed by atoms with Crippen molar-refractivity contribution in [1.29, 1.82) is 0 Å². The van der Waals surface area contributed by atoms with Gasteiger partial charge in [-0.25, -0.2) is 0 Å². The fraction of sp³-hybridized carbons (Fsp3) is 0.250. The van der Waals surface area contributed by atoms with Crippen LogP contribution in [-0.2, 0) is 0 Å². The molecule has 0 amide bonds. The van der Waals surface area contributed by atoms with Crippen LogP contribution in [0.5, 0.6) is 5.75 Å². The molecule has 0 radical (unpaired) electrons. The van der Waals surface area contributed by atoms with E-state index in [0.29, 0.717) is 11.7 Å². The van der Waals surface area contributed by atoms with Gasteiger partial charge in [0, 0.05) is 5.56 Å². The highest BCUT2D eigenvalue weighted by atomic mass is 31.1. The van der Waals surface area contributed by atoms with Crippen LogP contribution in [0.25, 0.3) is 0 Å². The van der Waals surface area contributed by atoms with Crippen molar-refractivity contribution >= 4 is 23.8 Å². The fourth-order valence-electron chi connectivity index (χ4n) is 4.13. The summed E-state index contributed by atoms with van der Waals surface area (Å²) >= 11 is 0. The van der Waals surface area contributed by atoms with E-state index >= 15 is 0 Å². The van der Waals surface area contributed by atoms with Crippen molar-refractivity contribution in [3.63, 3.8) is 0 Å². The summed E-state index contributed by atoms with van der Waals surface area (Å²) in [6.45, 7) is 0. The zero-order valence-corrected chi connectivity index (χ0v) is 15.9. The molecule has 4 rings (SSSR count). The summed E-state index contributed by atoms with van der Waals surface area (Å²) in [5.74, 6) is 0.964. The molecule has 0 heterocycles. The Balaban J connectivity index is 1.88. The van der Waals surface area contributed by atoms with Crippen LogP contribution in [0.15, 0.2) is 78.9 Å². The smallest absolute Gasteiger partial charge is 0.119 e. The Morgan fingerprint density at radius 1 is 0.654 bits per heavy atom. The summed E-state index contributed by atoms with van der Waals surface area (Å²) in [6, 6.07) is 27.7. The van der Waals surface area contributed by atoms with Crippen molar-refractivity contribution in [2.45, 2.75) is 38.0 Å². The van der Waals surface area contributed by atoms with Crippen molar-refractivity contribution in [3.05, 3.63) is 84.4 Å². The molecule has 0 spiro atoms. The van der Waals surface area contributed by atoms with Crippen LogP contribution in [0.2, 0.25) is 0 Å². The molecular formula is C24H25OP. The molecule has 0 bridgehead atoms. The van der Waals surface area contributed by atoms with Gasteiger partial charge in [0.25, 0.3) is 0 Å². The predicted octanol–water partition coefficient (Wildman–Crippen LogP) is 5.20. The summed E-state index contributed by atoms with van der Waals surface area (Å²) in [4.78, 5) is 0. The molecule has 1 aliphatic carbocycles. The lowest BCUT2D eigenvalue weighted by atomic mass is 9.83. The van der Waals surface area contributed by atoms with Crippen molar-refractivity contribution in [2.24, 2.45) is 0 Å². The van der Waals surface area contributed by atoms with Gasteiger partial charge in [0.15, 0.2) is 0 Å². The normalized spacial score (nSPS) is 15.3. The van der Waals surface area contributed by atoms with Gasteiger partial charge in [0.05, 0.1) is 0 Å². The second kappa shape index (κ2) is 8.06. The second-order valence-corrected chi connectivity index (χ2v) is 9.24. The number of rotatable bonds is 4. The minimum Gasteiger partial charge on any atom is -0.508 e. The average molecular weight is 360 g/mol. The molecule has 0 unspecified atom stereocenters. The highest BCUT2D eigenvalue weighted by Gasteiger charge is 2.26. The summed E-state index contributed by atoms with van der Waals surface area (Å²) in [5.41, 5.74) is 1.20.